The van der Waals surface area contributed by atoms with Gasteiger partial charge in [0, 0.05) is 45.3 Å². The molecule has 2 amide bonds. The minimum absolute atomic E-state index is 0.144. The number of carbonyl (C=O) groups excluding carboxylic acids is 2. The van der Waals surface area contributed by atoms with E-state index >= 15 is 0 Å². The summed E-state index contributed by atoms with van der Waals surface area (Å²) in [4.78, 5) is 30.6. The van der Waals surface area contributed by atoms with E-state index in [2.05, 4.69) is 22.0 Å². The van der Waals surface area contributed by atoms with Gasteiger partial charge in [-0.25, -0.2) is 0 Å². The number of piperazine rings is 1. The molecule has 2 saturated heterocycles. The summed E-state index contributed by atoms with van der Waals surface area (Å²) in [5.74, 6) is 1.12. The lowest BCUT2D eigenvalue weighted by atomic mass is 10.2. The summed E-state index contributed by atoms with van der Waals surface area (Å²) in [6.45, 7) is 8.50. The second-order valence-corrected chi connectivity index (χ2v) is 7.33. The molecule has 3 fully saturated rings. The van der Waals surface area contributed by atoms with Crippen LogP contribution in [-0.2, 0) is 9.59 Å². The van der Waals surface area contributed by atoms with Crippen LogP contribution in [-0.4, -0.2) is 84.9 Å². The maximum atomic E-state index is 12.2. The average Bonchev–Trinajstić information content (AvgIpc) is 3.24. The smallest absolute Gasteiger partial charge is 0.236 e. The minimum Gasteiger partial charge on any atom is -0.352 e. The summed E-state index contributed by atoms with van der Waals surface area (Å²) < 4.78 is 0. The van der Waals surface area contributed by atoms with E-state index in [0.29, 0.717) is 25.0 Å². The number of hydrogen-bond donors (Lipinski definition) is 1. The zero-order valence-electron chi connectivity index (χ0n) is 14.3. The van der Waals surface area contributed by atoms with E-state index in [1.165, 1.54) is 12.8 Å². The predicted molar refractivity (Wildman–Crippen MR) is 89.0 cm³/mol. The molecule has 6 heteroatoms. The lowest BCUT2D eigenvalue weighted by Crippen LogP contribution is -2.52. The third-order valence-corrected chi connectivity index (χ3v) is 5.37. The third kappa shape index (κ3) is 4.91. The maximum absolute atomic E-state index is 12.2. The molecule has 2 aliphatic heterocycles. The second kappa shape index (κ2) is 7.62. The van der Waals surface area contributed by atoms with Crippen LogP contribution in [0.2, 0.25) is 0 Å². The van der Waals surface area contributed by atoms with Crippen LogP contribution in [0.4, 0.5) is 0 Å². The molecule has 3 aliphatic rings. The first-order chi connectivity index (χ1) is 11.1. The molecule has 2 heterocycles. The van der Waals surface area contributed by atoms with Gasteiger partial charge in [0.05, 0.1) is 13.1 Å². The van der Waals surface area contributed by atoms with Crippen molar-refractivity contribution in [3.63, 3.8) is 0 Å². The van der Waals surface area contributed by atoms with Gasteiger partial charge in [-0.2, -0.15) is 0 Å². The van der Waals surface area contributed by atoms with Crippen LogP contribution in [0.5, 0.6) is 0 Å². The zero-order valence-corrected chi connectivity index (χ0v) is 14.3. The first-order valence-electron chi connectivity index (χ1n) is 9.13. The fourth-order valence-corrected chi connectivity index (χ4v) is 3.58. The number of nitrogens with one attached hydrogen (secondary N) is 1. The molecule has 1 N–H and O–H groups in total. The van der Waals surface area contributed by atoms with Crippen LogP contribution < -0.4 is 5.32 Å². The molecule has 1 saturated carbocycles. The van der Waals surface area contributed by atoms with Crippen molar-refractivity contribution in [2.45, 2.75) is 38.6 Å². The van der Waals surface area contributed by atoms with Crippen LogP contribution in [0.3, 0.4) is 0 Å². The standard InChI is InChI=1S/C17H30N4O2/c1-14(15-4-5-15)18-16(22)12-19-8-10-20(11-9-19)13-17(23)21-6-2-3-7-21/h14-15H,2-13H2,1H3,(H,18,22). The van der Waals surface area contributed by atoms with E-state index in [4.69, 9.17) is 0 Å². The number of nitrogens with zero attached hydrogens (tertiary/aromatic N) is 3. The SMILES string of the molecule is CC(NC(=O)CN1CCN(CC(=O)N2CCCC2)CC1)C1CC1. The first-order valence-corrected chi connectivity index (χ1v) is 9.13. The molecule has 0 aromatic rings. The molecule has 0 aromatic heterocycles. The molecule has 1 unspecified atom stereocenters. The Kier molecular flexibility index (Phi) is 5.54. The van der Waals surface area contributed by atoms with Gasteiger partial charge in [-0.3, -0.25) is 19.4 Å². The summed E-state index contributed by atoms with van der Waals surface area (Å²) in [7, 11) is 0. The number of hydrogen-bond acceptors (Lipinski definition) is 4. The molecule has 1 aliphatic carbocycles. The van der Waals surface area contributed by atoms with Crippen molar-refractivity contribution in [1.82, 2.24) is 20.0 Å². The summed E-state index contributed by atoms with van der Waals surface area (Å²) in [5.41, 5.74) is 0. The van der Waals surface area contributed by atoms with Crippen molar-refractivity contribution in [2.24, 2.45) is 5.92 Å². The monoisotopic (exact) mass is 322 g/mol. The summed E-state index contributed by atoms with van der Waals surface area (Å²) in [5, 5.41) is 3.11. The Balaban J connectivity index is 1.33. The van der Waals surface area contributed by atoms with Crippen molar-refractivity contribution >= 4 is 11.8 Å². The number of amides is 2. The van der Waals surface area contributed by atoms with Crippen LogP contribution in [0, 0.1) is 5.92 Å². The van der Waals surface area contributed by atoms with Crippen molar-refractivity contribution in [3.05, 3.63) is 0 Å². The molecule has 0 radical (unpaired) electrons. The minimum atomic E-state index is 0.144. The molecule has 1 atom stereocenters. The van der Waals surface area contributed by atoms with Gasteiger partial charge in [-0.1, -0.05) is 0 Å². The highest BCUT2D eigenvalue weighted by atomic mass is 16.2. The molecular formula is C17H30N4O2. The Bertz CT molecular complexity index is 424. The molecule has 0 spiro atoms. The lowest BCUT2D eigenvalue weighted by molar-refractivity contribution is -0.132. The Morgan fingerprint density at radius 2 is 1.52 bits per heavy atom. The normalized spacial score (nSPS) is 24.7. The summed E-state index contributed by atoms with van der Waals surface area (Å²) in [6.07, 6.45) is 4.80. The summed E-state index contributed by atoms with van der Waals surface area (Å²) >= 11 is 0. The first kappa shape index (κ1) is 16.7. The molecule has 0 aromatic carbocycles. The lowest BCUT2D eigenvalue weighted by Gasteiger charge is -2.34. The van der Waals surface area contributed by atoms with Gasteiger partial charge in [0.1, 0.15) is 0 Å². The largest absolute Gasteiger partial charge is 0.352 e. The molecular weight excluding hydrogens is 292 g/mol. The Labute approximate surface area is 139 Å². The van der Waals surface area contributed by atoms with Gasteiger partial charge >= 0.3 is 0 Å². The van der Waals surface area contributed by atoms with E-state index in [0.717, 1.165) is 52.1 Å². The van der Waals surface area contributed by atoms with E-state index in [1.807, 2.05) is 4.90 Å². The predicted octanol–water partition coefficient (Wildman–Crippen LogP) is 0.141. The molecule has 0 bridgehead atoms. The molecule has 23 heavy (non-hydrogen) atoms. The van der Waals surface area contributed by atoms with E-state index in [-0.39, 0.29) is 11.8 Å². The topological polar surface area (TPSA) is 55.9 Å². The maximum Gasteiger partial charge on any atom is 0.236 e. The van der Waals surface area contributed by atoms with Crippen LogP contribution >= 0.6 is 0 Å². The van der Waals surface area contributed by atoms with Gasteiger partial charge < -0.3 is 10.2 Å². The average molecular weight is 322 g/mol. The van der Waals surface area contributed by atoms with Gasteiger partial charge in [-0.15, -0.1) is 0 Å². The van der Waals surface area contributed by atoms with E-state index in [9.17, 15) is 9.59 Å². The fraction of sp³-hybridized carbons (Fsp3) is 0.882. The summed E-state index contributed by atoms with van der Waals surface area (Å²) in [6, 6.07) is 0.321. The van der Waals surface area contributed by atoms with Gasteiger partial charge in [-0.05, 0) is 38.5 Å². The van der Waals surface area contributed by atoms with Crippen LogP contribution in [0.25, 0.3) is 0 Å². The van der Waals surface area contributed by atoms with Gasteiger partial charge in [0.2, 0.25) is 11.8 Å². The zero-order chi connectivity index (χ0) is 16.2. The van der Waals surface area contributed by atoms with Gasteiger partial charge in [0.25, 0.3) is 0 Å². The van der Waals surface area contributed by atoms with Crippen LogP contribution in [0.1, 0.15) is 32.6 Å². The highest BCUT2D eigenvalue weighted by Crippen LogP contribution is 2.32. The number of likely N-dealkylation sites (tertiary alicyclic amines) is 1. The Hall–Kier alpha value is -1.14. The van der Waals surface area contributed by atoms with Crippen molar-refractivity contribution in [1.29, 1.82) is 0 Å². The van der Waals surface area contributed by atoms with Crippen molar-refractivity contribution < 1.29 is 9.59 Å². The highest BCUT2D eigenvalue weighted by Gasteiger charge is 2.29. The van der Waals surface area contributed by atoms with Gasteiger partial charge in [0.15, 0.2) is 0 Å². The number of carbonyl (C=O) groups is 2. The van der Waals surface area contributed by atoms with E-state index in [1.54, 1.807) is 0 Å². The fourth-order valence-electron chi connectivity index (χ4n) is 3.58. The second-order valence-electron chi connectivity index (χ2n) is 7.33. The molecule has 130 valence electrons. The Morgan fingerprint density at radius 3 is 2.09 bits per heavy atom. The van der Waals surface area contributed by atoms with Crippen molar-refractivity contribution in [3.8, 4) is 0 Å². The third-order valence-electron chi connectivity index (χ3n) is 5.37. The number of rotatable bonds is 6. The Morgan fingerprint density at radius 1 is 0.957 bits per heavy atom. The molecule has 6 nitrogen and oxygen atoms in total. The highest BCUT2D eigenvalue weighted by molar-refractivity contribution is 5.79. The van der Waals surface area contributed by atoms with Crippen molar-refractivity contribution in [2.75, 3.05) is 52.4 Å². The van der Waals surface area contributed by atoms with Crippen LogP contribution in [0.15, 0.2) is 0 Å². The van der Waals surface area contributed by atoms with E-state index < -0.39 is 0 Å². The quantitative estimate of drug-likeness (QED) is 0.756. The molecule has 3 rings (SSSR count).